The summed E-state index contributed by atoms with van der Waals surface area (Å²) in [5.41, 5.74) is 2.06. The number of pyridine rings is 2. The van der Waals surface area contributed by atoms with Crippen molar-refractivity contribution in [3.63, 3.8) is 0 Å². The molecule has 3 aromatic rings. The molecular weight excluding hydrogens is 376 g/mol. The minimum Gasteiger partial charge on any atom is -0.477 e. The maximum absolute atomic E-state index is 12.8. The fourth-order valence-electron chi connectivity index (χ4n) is 2.72. The number of hydrogen-bond donors (Lipinski definition) is 1. The van der Waals surface area contributed by atoms with Crippen molar-refractivity contribution in [3.05, 3.63) is 36.0 Å². The van der Waals surface area contributed by atoms with Crippen molar-refractivity contribution in [1.29, 1.82) is 0 Å². The molecule has 1 atom stereocenters. The summed E-state index contributed by atoms with van der Waals surface area (Å²) in [7, 11) is -1.36. The van der Waals surface area contributed by atoms with Crippen LogP contribution >= 0.6 is 0 Å². The molecular formula is C20H24N4O3S. The van der Waals surface area contributed by atoms with Gasteiger partial charge in [0.1, 0.15) is 0 Å². The van der Waals surface area contributed by atoms with E-state index in [0.717, 1.165) is 23.9 Å². The quantitative estimate of drug-likeness (QED) is 0.523. The minimum atomic E-state index is -1.36. The first-order valence-corrected chi connectivity index (χ1v) is 11.0. The zero-order chi connectivity index (χ0) is 19.3. The predicted octanol–water partition coefficient (Wildman–Crippen LogP) is 3.63. The van der Waals surface area contributed by atoms with Gasteiger partial charge in [0, 0.05) is 17.8 Å². The van der Waals surface area contributed by atoms with Crippen molar-refractivity contribution < 1.29 is 13.7 Å². The Morgan fingerprint density at radius 1 is 1.21 bits per heavy atom. The normalized spacial score (nSPS) is 14.9. The van der Waals surface area contributed by atoms with E-state index in [9.17, 15) is 4.21 Å². The van der Waals surface area contributed by atoms with Crippen molar-refractivity contribution in [3.8, 4) is 11.8 Å². The number of H-pyrrole nitrogens is 1. The van der Waals surface area contributed by atoms with E-state index >= 15 is 0 Å². The molecule has 4 rings (SSSR count). The van der Waals surface area contributed by atoms with Gasteiger partial charge in [0.25, 0.3) is 0 Å². The second kappa shape index (κ2) is 8.68. The molecule has 8 heteroatoms. The van der Waals surface area contributed by atoms with E-state index in [0.29, 0.717) is 41.7 Å². The van der Waals surface area contributed by atoms with Gasteiger partial charge in [-0.3, -0.25) is 4.21 Å². The average molecular weight is 401 g/mol. The molecule has 1 N–H and O–H groups in total. The third-order valence-electron chi connectivity index (χ3n) is 4.55. The second-order valence-electron chi connectivity index (χ2n) is 6.98. The molecule has 1 aliphatic carbocycles. The number of aromatic amines is 1. The summed E-state index contributed by atoms with van der Waals surface area (Å²) in [6.45, 7) is 3.41. The molecule has 1 saturated carbocycles. The average Bonchev–Trinajstić information content (AvgIpc) is 3.44. The molecule has 0 radical (unpaired) electrons. The van der Waals surface area contributed by atoms with Crippen LogP contribution in [0.1, 0.15) is 38.2 Å². The van der Waals surface area contributed by atoms with Crippen molar-refractivity contribution in [2.45, 2.75) is 43.5 Å². The van der Waals surface area contributed by atoms with E-state index in [1.165, 1.54) is 12.8 Å². The van der Waals surface area contributed by atoms with Gasteiger partial charge >= 0.3 is 0 Å². The van der Waals surface area contributed by atoms with E-state index < -0.39 is 10.8 Å². The van der Waals surface area contributed by atoms with Gasteiger partial charge in [-0.2, -0.15) is 4.98 Å². The van der Waals surface area contributed by atoms with E-state index in [1.807, 2.05) is 24.3 Å². The molecule has 0 spiro atoms. The van der Waals surface area contributed by atoms with E-state index in [4.69, 9.17) is 9.47 Å². The molecule has 7 nitrogen and oxygen atoms in total. The standard InChI is InChI=1S/C20H24N4O3S/c1-2-3-11-26-19-15(5-4-10-21-19)13-28(25)20-22-16-8-9-17(23-18(16)24-20)27-12-14-6-7-14/h4-5,8-10,14H,2-3,6-7,11-13H2,1H3,(H,22,23,24). The predicted molar refractivity (Wildman–Crippen MR) is 107 cm³/mol. The second-order valence-corrected chi connectivity index (χ2v) is 8.34. The van der Waals surface area contributed by atoms with E-state index in [1.54, 1.807) is 6.20 Å². The van der Waals surface area contributed by atoms with Crippen molar-refractivity contribution >= 4 is 22.0 Å². The summed E-state index contributed by atoms with van der Waals surface area (Å²) in [6, 6.07) is 7.39. The number of fused-ring (bicyclic) bond motifs is 1. The number of hydrogen-bond acceptors (Lipinski definition) is 6. The van der Waals surface area contributed by atoms with Crippen LogP contribution in [0, 0.1) is 5.92 Å². The smallest absolute Gasteiger partial charge is 0.217 e. The van der Waals surface area contributed by atoms with Crippen molar-refractivity contribution in [2.24, 2.45) is 5.92 Å². The molecule has 0 saturated heterocycles. The van der Waals surface area contributed by atoms with Gasteiger partial charge in [0.15, 0.2) is 10.8 Å². The summed E-state index contributed by atoms with van der Waals surface area (Å²) < 4.78 is 24.3. The van der Waals surface area contributed by atoms with Gasteiger partial charge in [-0.05, 0) is 37.3 Å². The third-order valence-corrected chi connectivity index (χ3v) is 5.75. The Hall–Kier alpha value is -2.48. The van der Waals surface area contributed by atoms with E-state index in [2.05, 4.69) is 26.9 Å². The summed E-state index contributed by atoms with van der Waals surface area (Å²) in [5.74, 6) is 2.03. The zero-order valence-corrected chi connectivity index (χ0v) is 16.7. The number of rotatable bonds is 10. The first-order chi connectivity index (χ1) is 13.7. The van der Waals surface area contributed by atoms with Crippen LogP contribution in [-0.4, -0.2) is 37.4 Å². The largest absolute Gasteiger partial charge is 0.477 e. The molecule has 1 unspecified atom stereocenters. The SMILES string of the molecule is CCCCOc1ncccc1CS(=O)c1nc2nc(OCC3CC3)ccc2[nH]1. The zero-order valence-electron chi connectivity index (χ0n) is 15.9. The summed E-state index contributed by atoms with van der Waals surface area (Å²) >= 11 is 0. The lowest BCUT2D eigenvalue weighted by molar-refractivity contribution is 0.289. The molecule has 3 aromatic heterocycles. The molecule has 148 valence electrons. The van der Waals surface area contributed by atoms with Crippen molar-refractivity contribution in [1.82, 2.24) is 19.9 Å². The number of unbranched alkanes of at least 4 members (excludes halogenated alkanes) is 1. The van der Waals surface area contributed by atoms with Gasteiger partial charge in [0.05, 0.1) is 35.3 Å². The fourth-order valence-corrected chi connectivity index (χ4v) is 3.77. The van der Waals surface area contributed by atoms with Gasteiger partial charge in [-0.25, -0.2) is 9.97 Å². The lowest BCUT2D eigenvalue weighted by Gasteiger charge is -2.08. The first-order valence-electron chi connectivity index (χ1n) is 9.67. The Kier molecular flexibility index (Phi) is 5.85. The summed E-state index contributed by atoms with van der Waals surface area (Å²) in [6.07, 6.45) is 6.15. The van der Waals surface area contributed by atoms with Crippen LogP contribution in [0.25, 0.3) is 11.2 Å². The molecule has 0 amide bonds. The van der Waals surface area contributed by atoms with Crippen LogP contribution in [0.5, 0.6) is 11.8 Å². The Labute approximate surface area is 166 Å². The van der Waals surface area contributed by atoms with Crippen LogP contribution in [-0.2, 0) is 16.6 Å². The number of imidazole rings is 1. The molecule has 0 aliphatic heterocycles. The van der Waals surface area contributed by atoms with Crippen LogP contribution in [0.2, 0.25) is 0 Å². The highest BCUT2D eigenvalue weighted by Crippen LogP contribution is 2.29. The molecule has 28 heavy (non-hydrogen) atoms. The van der Waals surface area contributed by atoms with Crippen LogP contribution in [0.3, 0.4) is 0 Å². The van der Waals surface area contributed by atoms with Crippen molar-refractivity contribution in [2.75, 3.05) is 13.2 Å². The number of ether oxygens (including phenoxy) is 2. The highest BCUT2D eigenvalue weighted by atomic mass is 32.2. The highest BCUT2D eigenvalue weighted by molar-refractivity contribution is 7.84. The Morgan fingerprint density at radius 3 is 2.93 bits per heavy atom. The highest BCUT2D eigenvalue weighted by Gasteiger charge is 2.22. The summed E-state index contributed by atoms with van der Waals surface area (Å²) in [4.78, 5) is 16.2. The molecule has 0 bridgehead atoms. The lowest BCUT2D eigenvalue weighted by atomic mass is 10.3. The molecule has 1 fully saturated rings. The Balaban J connectivity index is 1.46. The Morgan fingerprint density at radius 2 is 2.11 bits per heavy atom. The van der Waals surface area contributed by atoms with Crippen LogP contribution in [0.15, 0.2) is 35.6 Å². The van der Waals surface area contributed by atoms with E-state index in [-0.39, 0.29) is 5.75 Å². The Bertz CT molecular complexity index is 971. The van der Waals surface area contributed by atoms with Crippen LogP contribution < -0.4 is 9.47 Å². The van der Waals surface area contributed by atoms with Gasteiger partial charge < -0.3 is 14.5 Å². The van der Waals surface area contributed by atoms with Gasteiger partial charge in [-0.15, -0.1) is 0 Å². The maximum atomic E-state index is 12.8. The first kappa shape index (κ1) is 18.9. The van der Waals surface area contributed by atoms with Crippen LogP contribution in [0.4, 0.5) is 0 Å². The topological polar surface area (TPSA) is 90.0 Å². The van der Waals surface area contributed by atoms with Gasteiger partial charge in [0.2, 0.25) is 11.8 Å². The lowest BCUT2D eigenvalue weighted by Crippen LogP contribution is -2.05. The fraction of sp³-hybridized carbons (Fsp3) is 0.450. The van der Waals surface area contributed by atoms with Gasteiger partial charge in [-0.1, -0.05) is 19.4 Å². The number of aromatic nitrogens is 4. The summed E-state index contributed by atoms with van der Waals surface area (Å²) in [5, 5.41) is 0.394. The molecule has 0 aromatic carbocycles. The number of nitrogens with one attached hydrogen (secondary N) is 1. The minimum absolute atomic E-state index is 0.278. The molecule has 1 aliphatic rings. The number of nitrogens with zero attached hydrogens (tertiary/aromatic N) is 3. The molecule has 3 heterocycles. The third kappa shape index (κ3) is 4.67. The monoisotopic (exact) mass is 400 g/mol. The maximum Gasteiger partial charge on any atom is 0.217 e.